The molecule has 0 bridgehead atoms. The van der Waals surface area contributed by atoms with Crippen molar-refractivity contribution in [3.8, 4) is 0 Å². The highest BCUT2D eigenvalue weighted by Gasteiger charge is 2.25. The Morgan fingerprint density at radius 1 is 1.11 bits per heavy atom. The third kappa shape index (κ3) is 4.14. The first-order valence-electron chi connectivity index (χ1n) is 9.47. The van der Waals surface area contributed by atoms with E-state index in [0.717, 1.165) is 43.6 Å². The Balaban J connectivity index is 1.35. The van der Waals surface area contributed by atoms with Crippen LogP contribution >= 0.6 is 0 Å². The van der Waals surface area contributed by atoms with Crippen molar-refractivity contribution in [3.05, 3.63) is 66.0 Å². The fraction of sp³-hybridized carbons (Fsp3) is 0.318. The Hall–Kier alpha value is -2.79. The zero-order valence-corrected chi connectivity index (χ0v) is 15.6. The largest absolute Gasteiger partial charge is 0.310 e. The van der Waals surface area contributed by atoms with E-state index in [-0.39, 0.29) is 11.8 Å². The number of amides is 1. The predicted molar refractivity (Wildman–Crippen MR) is 107 cm³/mol. The van der Waals surface area contributed by atoms with Crippen molar-refractivity contribution in [1.29, 1.82) is 0 Å². The van der Waals surface area contributed by atoms with Gasteiger partial charge >= 0.3 is 0 Å². The van der Waals surface area contributed by atoms with E-state index in [4.69, 9.17) is 0 Å². The number of fused-ring (bicyclic) bond motifs is 1. The SMILES string of the molecule is Cc1ccnc(NC(=O)C2CCN(Cc3cccc4cccnc34)CC2)c1. The Morgan fingerprint density at radius 2 is 1.93 bits per heavy atom. The average Bonchev–Trinajstić information content (AvgIpc) is 2.69. The number of rotatable bonds is 4. The molecular weight excluding hydrogens is 336 g/mol. The molecule has 4 rings (SSSR count). The summed E-state index contributed by atoms with van der Waals surface area (Å²) in [6.45, 7) is 4.71. The topological polar surface area (TPSA) is 58.1 Å². The molecule has 0 aliphatic carbocycles. The quantitative estimate of drug-likeness (QED) is 0.769. The van der Waals surface area contributed by atoms with Gasteiger partial charge in [-0.15, -0.1) is 0 Å². The molecule has 1 saturated heterocycles. The van der Waals surface area contributed by atoms with E-state index in [0.29, 0.717) is 5.82 Å². The van der Waals surface area contributed by atoms with Crippen molar-refractivity contribution in [2.75, 3.05) is 18.4 Å². The predicted octanol–water partition coefficient (Wildman–Crippen LogP) is 3.79. The molecule has 27 heavy (non-hydrogen) atoms. The van der Waals surface area contributed by atoms with E-state index in [1.54, 1.807) is 6.20 Å². The highest BCUT2D eigenvalue weighted by Crippen LogP contribution is 2.23. The maximum atomic E-state index is 12.5. The minimum Gasteiger partial charge on any atom is -0.310 e. The number of hydrogen-bond acceptors (Lipinski definition) is 4. The molecule has 3 heterocycles. The molecule has 1 amide bonds. The molecule has 1 N–H and O–H groups in total. The molecule has 1 aromatic carbocycles. The summed E-state index contributed by atoms with van der Waals surface area (Å²) in [5, 5.41) is 4.14. The molecule has 2 aromatic heterocycles. The number of carbonyl (C=O) groups excluding carboxylic acids is 1. The second-order valence-electron chi connectivity index (χ2n) is 7.25. The van der Waals surface area contributed by atoms with Gasteiger partial charge in [0.25, 0.3) is 0 Å². The first-order chi connectivity index (χ1) is 13.2. The van der Waals surface area contributed by atoms with E-state index >= 15 is 0 Å². The Kier molecular flexibility index (Phi) is 5.12. The molecule has 1 aliphatic rings. The van der Waals surface area contributed by atoms with Crippen LogP contribution in [0.3, 0.4) is 0 Å². The van der Waals surface area contributed by atoms with Crippen molar-refractivity contribution in [2.45, 2.75) is 26.3 Å². The van der Waals surface area contributed by atoms with Gasteiger partial charge in [-0.2, -0.15) is 0 Å². The molecule has 0 radical (unpaired) electrons. The molecule has 5 nitrogen and oxygen atoms in total. The Bertz CT molecular complexity index is 942. The summed E-state index contributed by atoms with van der Waals surface area (Å²) in [5.41, 5.74) is 3.42. The molecule has 0 atom stereocenters. The van der Waals surface area contributed by atoms with E-state index in [1.807, 2.05) is 31.3 Å². The zero-order chi connectivity index (χ0) is 18.6. The number of benzene rings is 1. The second kappa shape index (κ2) is 7.84. The zero-order valence-electron chi connectivity index (χ0n) is 15.6. The van der Waals surface area contributed by atoms with Crippen LogP contribution in [0.4, 0.5) is 5.82 Å². The number of carbonyl (C=O) groups is 1. The summed E-state index contributed by atoms with van der Waals surface area (Å²) >= 11 is 0. The molecule has 1 fully saturated rings. The Labute approximate surface area is 159 Å². The van der Waals surface area contributed by atoms with Crippen LogP contribution in [-0.2, 0) is 11.3 Å². The van der Waals surface area contributed by atoms with Crippen LogP contribution in [0, 0.1) is 12.8 Å². The summed E-state index contributed by atoms with van der Waals surface area (Å²) in [7, 11) is 0. The highest BCUT2D eigenvalue weighted by atomic mass is 16.1. The number of piperidine rings is 1. The third-order valence-corrected chi connectivity index (χ3v) is 5.24. The van der Waals surface area contributed by atoms with Gasteiger partial charge in [-0.25, -0.2) is 4.98 Å². The molecule has 5 heteroatoms. The van der Waals surface area contributed by atoms with Crippen LogP contribution in [0.5, 0.6) is 0 Å². The van der Waals surface area contributed by atoms with E-state index in [1.165, 1.54) is 10.9 Å². The summed E-state index contributed by atoms with van der Waals surface area (Å²) in [4.78, 5) is 23.7. The number of nitrogens with one attached hydrogen (secondary N) is 1. The lowest BCUT2D eigenvalue weighted by molar-refractivity contribution is -0.121. The molecule has 1 aliphatic heterocycles. The molecule has 0 unspecified atom stereocenters. The van der Waals surface area contributed by atoms with Gasteiger partial charge in [0.15, 0.2) is 0 Å². The molecule has 3 aromatic rings. The lowest BCUT2D eigenvalue weighted by Gasteiger charge is -2.31. The van der Waals surface area contributed by atoms with Crippen LogP contribution < -0.4 is 5.32 Å². The van der Waals surface area contributed by atoms with Crippen molar-refractivity contribution >= 4 is 22.6 Å². The van der Waals surface area contributed by atoms with Crippen molar-refractivity contribution in [3.63, 3.8) is 0 Å². The number of likely N-dealkylation sites (tertiary alicyclic amines) is 1. The van der Waals surface area contributed by atoms with Gasteiger partial charge in [0.2, 0.25) is 5.91 Å². The lowest BCUT2D eigenvalue weighted by atomic mass is 9.95. The summed E-state index contributed by atoms with van der Waals surface area (Å²) in [5.74, 6) is 0.776. The van der Waals surface area contributed by atoms with E-state index in [2.05, 4.69) is 44.5 Å². The van der Waals surface area contributed by atoms with Crippen LogP contribution in [0.15, 0.2) is 54.9 Å². The summed E-state index contributed by atoms with van der Waals surface area (Å²) in [6, 6.07) is 14.2. The van der Waals surface area contributed by atoms with Crippen molar-refractivity contribution < 1.29 is 4.79 Å². The normalized spacial score (nSPS) is 15.7. The molecule has 0 spiro atoms. The number of nitrogens with zero attached hydrogens (tertiary/aromatic N) is 3. The number of pyridine rings is 2. The Morgan fingerprint density at radius 3 is 2.74 bits per heavy atom. The molecular formula is C22H24N4O. The van der Waals surface area contributed by atoms with Gasteiger partial charge in [0, 0.05) is 30.2 Å². The van der Waals surface area contributed by atoms with E-state index in [9.17, 15) is 4.79 Å². The maximum Gasteiger partial charge on any atom is 0.228 e. The average molecular weight is 360 g/mol. The van der Waals surface area contributed by atoms with Crippen molar-refractivity contribution in [1.82, 2.24) is 14.9 Å². The van der Waals surface area contributed by atoms with Gasteiger partial charge in [0.05, 0.1) is 5.52 Å². The van der Waals surface area contributed by atoms with Crippen LogP contribution in [0.25, 0.3) is 10.9 Å². The van der Waals surface area contributed by atoms with Crippen molar-refractivity contribution in [2.24, 2.45) is 5.92 Å². The van der Waals surface area contributed by atoms with Crippen LogP contribution in [-0.4, -0.2) is 33.9 Å². The van der Waals surface area contributed by atoms with Gasteiger partial charge in [-0.1, -0.05) is 24.3 Å². The van der Waals surface area contributed by atoms with Crippen LogP contribution in [0.2, 0.25) is 0 Å². The second-order valence-corrected chi connectivity index (χ2v) is 7.25. The number of para-hydroxylation sites is 1. The van der Waals surface area contributed by atoms with Crippen LogP contribution in [0.1, 0.15) is 24.0 Å². The van der Waals surface area contributed by atoms with Gasteiger partial charge < -0.3 is 5.32 Å². The molecule has 0 saturated carbocycles. The summed E-state index contributed by atoms with van der Waals surface area (Å²) < 4.78 is 0. The lowest BCUT2D eigenvalue weighted by Crippen LogP contribution is -2.37. The first kappa shape index (κ1) is 17.6. The number of aryl methyl sites for hydroxylation is 1. The number of hydrogen-bond donors (Lipinski definition) is 1. The van der Waals surface area contributed by atoms with E-state index < -0.39 is 0 Å². The monoisotopic (exact) mass is 360 g/mol. The maximum absolute atomic E-state index is 12.5. The van der Waals surface area contributed by atoms with Gasteiger partial charge in [0.1, 0.15) is 5.82 Å². The number of aromatic nitrogens is 2. The minimum absolute atomic E-state index is 0.0502. The van der Waals surface area contributed by atoms with Gasteiger partial charge in [-0.3, -0.25) is 14.7 Å². The highest BCUT2D eigenvalue weighted by molar-refractivity contribution is 5.91. The molecule has 138 valence electrons. The summed E-state index contributed by atoms with van der Waals surface area (Å²) in [6.07, 6.45) is 5.32. The third-order valence-electron chi connectivity index (χ3n) is 5.24. The smallest absolute Gasteiger partial charge is 0.228 e. The van der Waals surface area contributed by atoms with Gasteiger partial charge in [-0.05, 0) is 62.2 Å². The fourth-order valence-corrected chi connectivity index (χ4v) is 3.72. The number of anilines is 1. The minimum atomic E-state index is 0.0502. The standard InChI is InChI=1S/C22H24N4O/c1-16-7-11-23-20(14-16)25-22(27)18-8-12-26(13-9-18)15-19-5-2-4-17-6-3-10-24-21(17)19/h2-7,10-11,14,18H,8-9,12-13,15H2,1H3,(H,23,25,27). The fourth-order valence-electron chi connectivity index (χ4n) is 3.72. The first-order valence-corrected chi connectivity index (χ1v) is 9.47.